The molecule has 0 saturated carbocycles. The lowest BCUT2D eigenvalue weighted by Gasteiger charge is -2.40. The van der Waals surface area contributed by atoms with Gasteiger partial charge in [0.15, 0.2) is 0 Å². The fourth-order valence-electron chi connectivity index (χ4n) is 2.92. The Bertz CT molecular complexity index is 217. The second-order valence-corrected chi connectivity index (χ2v) is 5.32. The van der Waals surface area contributed by atoms with Gasteiger partial charge in [-0.15, -0.1) is 0 Å². The molecule has 1 saturated heterocycles. The normalized spacial score (nSPS) is 26.5. The molecule has 1 unspecified atom stereocenters. The minimum atomic E-state index is -4.09. The Kier molecular flexibility index (Phi) is 5.25. The molecule has 1 fully saturated rings. The Morgan fingerprint density at radius 2 is 2.06 bits per heavy atom. The number of alkyl halides is 3. The zero-order valence-corrected chi connectivity index (χ0v) is 10.7. The van der Waals surface area contributed by atoms with E-state index < -0.39 is 12.7 Å². The van der Waals surface area contributed by atoms with Gasteiger partial charge in [-0.2, -0.15) is 13.2 Å². The van der Waals surface area contributed by atoms with E-state index in [1.807, 2.05) is 0 Å². The zero-order valence-electron chi connectivity index (χ0n) is 10.7. The second kappa shape index (κ2) is 6.05. The molecule has 1 N–H and O–H groups in total. The summed E-state index contributed by atoms with van der Waals surface area (Å²) in [5, 5.41) is 3.32. The summed E-state index contributed by atoms with van der Waals surface area (Å²) in [4.78, 5) is 1.42. The molecule has 0 aromatic rings. The fraction of sp³-hybridized carbons (Fsp3) is 1.00. The van der Waals surface area contributed by atoms with Gasteiger partial charge >= 0.3 is 6.18 Å². The number of hydrogen-bond acceptors (Lipinski definition) is 2. The minimum Gasteiger partial charge on any atom is -0.316 e. The number of rotatable bonds is 5. The van der Waals surface area contributed by atoms with Crippen LogP contribution in [0.15, 0.2) is 0 Å². The molecule has 0 aliphatic carbocycles. The van der Waals surface area contributed by atoms with Crippen molar-refractivity contribution in [1.29, 1.82) is 0 Å². The largest absolute Gasteiger partial charge is 0.401 e. The SMILES string of the molecule is CCCC1(CN(C)CC(F)(F)F)CCCNC1. The number of halogens is 3. The summed E-state index contributed by atoms with van der Waals surface area (Å²) in [6, 6.07) is 0. The Labute approximate surface area is 102 Å². The van der Waals surface area contributed by atoms with Crippen LogP contribution in [0.4, 0.5) is 13.2 Å². The lowest BCUT2D eigenvalue weighted by Crippen LogP contribution is -2.48. The molecule has 0 amide bonds. The standard InChI is InChI=1S/C12H23F3N2/c1-3-5-11(6-4-7-16-8-11)9-17(2)10-12(13,14)15/h16H,3-10H2,1-2H3. The van der Waals surface area contributed by atoms with Crippen molar-refractivity contribution in [3.63, 3.8) is 0 Å². The van der Waals surface area contributed by atoms with Gasteiger partial charge in [0, 0.05) is 13.1 Å². The lowest BCUT2D eigenvalue weighted by molar-refractivity contribution is -0.146. The van der Waals surface area contributed by atoms with Gasteiger partial charge < -0.3 is 5.32 Å². The molecule has 1 atom stereocenters. The number of hydrogen-bond donors (Lipinski definition) is 1. The summed E-state index contributed by atoms with van der Waals surface area (Å²) >= 11 is 0. The topological polar surface area (TPSA) is 15.3 Å². The van der Waals surface area contributed by atoms with Crippen LogP contribution < -0.4 is 5.32 Å². The molecular weight excluding hydrogens is 229 g/mol. The maximum absolute atomic E-state index is 12.3. The van der Waals surface area contributed by atoms with E-state index in [1.165, 1.54) is 4.90 Å². The van der Waals surface area contributed by atoms with Gasteiger partial charge in [0.25, 0.3) is 0 Å². The molecular formula is C12H23F3N2. The monoisotopic (exact) mass is 252 g/mol. The lowest BCUT2D eigenvalue weighted by atomic mass is 9.76. The predicted molar refractivity (Wildman–Crippen MR) is 63.0 cm³/mol. The molecule has 102 valence electrons. The Morgan fingerprint density at radius 1 is 1.35 bits per heavy atom. The second-order valence-electron chi connectivity index (χ2n) is 5.32. The van der Waals surface area contributed by atoms with Crippen LogP contribution in [0.2, 0.25) is 0 Å². The molecule has 1 heterocycles. The molecule has 1 aliphatic rings. The average Bonchev–Trinajstić information content (AvgIpc) is 2.15. The average molecular weight is 252 g/mol. The highest BCUT2D eigenvalue weighted by Gasteiger charge is 2.36. The summed E-state index contributed by atoms with van der Waals surface area (Å²) in [6.45, 7) is 3.67. The molecule has 2 nitrogen and oxygen atoms in total. The van der Waals surface area contributed by atoms with Gasteiger partial charge in [-0.3, -0.25) is 4.90 Å². The first kappa shape index (κ1) is 14.8. The van der Waals surface area contributed by atoms with E-state index in [0.717, 1.165) is 38.8 Å². The quantitative estimate of drug-likeness (QED) is 0.809. The summed E-state index contributed by atoms with van der Waals surface area (Å²) in [5.74, 6) is 0. The van der Waals surface area contributed by atoms with Crippen LogP contribution in [-0.2, 0) is 0 Å². The molecule has 0 aromatic carbocycles. The van der Waals surface area contributed by atoms with E-state index in [1.54, 1.807) is 7.05 Å². The Hall–Kier alpha value is -0.290. The first-order valence-corrected chi connectivity index (χ1v) is 6.33. The molecule has 0 radical (unpaired) electrons. The Balaban J connectivity index is 2.53. The Morgan fingerprint density at radius 3 is 2.53 bits per heavy atom. The number of piperidine rings is 1. The fourth-order valence-corrected chi connectivity index (χ4v) is 2.92. The highest BCUT2D eigenvalue weighted by molar-refractivity contribution is 4.87. The maximum Gasteiger partial charge on any atom is 0.401 e. The molecule has 0 bridgehead atoms. The smallest absolute Gasteiger partial charge is 0.316 e. The first-order valence-electron chi connectivity index (χ1n) is 6.33. The highest BCUT2D eigenvalue weighted by atomic mass is 19.4. The van der Waals surface area contributed by atoms with E-state index >= 15 is 0 Å². The third-order valence-electron chi connectivity index (χ3n) is 3.40. The van der Waals surface area contributed by atoms with Gasteiger partial charge in [-0.1, -0.05) is 13.3 Å². The molecule has 1 rings (SSSR count). The van der Waals surface area contributed by atoms with E-state index in [0.29, 0.717) is 6.54 Å². The van der Waals surface area contributed by atoms with Crippen molar-refractivity contribution >= 4 is 0 Å². The molecule has 1 aliphatic heterocycles. The summed E-state index contributed by atoms with van der Waals surface area (Å²) in [6.07, 6.45) is 0.0455. The van der Waals surface area contributed by atoms with E-state index in [4.69, 9.17) is 0 Å². The van der Waals surface area contributed by atoms with Crippen LogP contribution in [0.5, 0.6) is 0 Å². The molecule has 0 aromatic heterocycles. The van der Waals surface area contributed by atoms with Gasteiger partial charge in [-0.25, -0.2) is 0 Å². The third kappa shape index (κ3) is 5.25. The van der Waals surface area contributed by atoms with Crippen molar-refractivity contribution in [3.05, 3.63) is 0 Å². The van der Waals surface area contributed by atoms with Crippen LogP contribution in [-0.4, -0.2) is 44.3 Å². The van der Waals surface area contributed by atoms with Crippen molar-refractivity contribution < 1.29 is 13.2 Å². The van der Waals surface area contributed by atoms with Crippen molar-refractivity contribution in [3.8, 4) is 0 Å². The van der Waals surface area contributed by atoms with Gasteiger partial charge in [0.2, 0.25) is 0 Å². The predicted octanol–water partition coefficient (Wildman–Crippen LogP) is 2.65. The summed E-state index contributed by atoms with van der Waals surface area (Å²) in [7, 11) is 1.57. The van der Waals surface area contributed by atoms with Crippen molar-refractivity contribution in [2.75, 3.05) is 33.2 Å². The third-order valence-corrected chi connectivity index (χ3v) is 3.40. The van der Waals surface area contributed by atoms with Crippen molar-refractivity contribution in [1.82, 2.24) is 10.2 Å². The number of nitrogens with zero attached hydrogens (tertiary/aromatic N) is 1. The van der Waals surface area contributed by atoms with Gasteiger partial charge in [0.05, 0.1) is 6.54 Å². The van der Waals surface area contributed by atoms with Gasteiger partial charge in [-0.05, 0) is 38.3 Å². The number of nitrogens with one attached hydrogen (secondary N) is 1. The summed E-state index contributed by atoms with van der Waals surface area (Å²) < 4.78 is 36.9. The van der Waals surface area contributed by atoms with Crippen molar-refractivity contribution in [2.45, 2.75) is 38.8 Å². The van der Waals surface area contributed by atoms with E-state index in [9.17, 15) is 13.2 Å². The maximum atomic E-state index is 12.3. The van der Waals surface area contributed by atoms with Crippen LogP contribution >= 0.6 is 0 Å². The summed E-state index contributed by atoms with van der Waals surface area (Å²) in [5.41, 5.74) is 0.0347. The molecule has 5 heteroatoms. The molecule has 17 heavy (non-hydrogen) atoms. The van der Waals surface area contributed by atoms with Crippen LogP contribution in [0.1, 0.15) is 32.6 Å². The van der Waals surface area contributed by atoms with E-state index in [2.05, 4.69) is 12.2 Å². The van der Waals surface area contributed by atoms with Crippen molar-refractivity contribution in [2.24, 2.45) is 5.41 Å². The van der Waals surface area contributed by atoms with E-state index in [-0.39, 0.29) is 5.41 Å². The van der Waals surface area contributed by atoms with Crippen LogP contribution in [0.25, 0.3) is 0 Å². The first-order chi connectivity index (χ1) is 7.87. The zero-order chi connectivity index (χ0) is 12.9. The van der Waals surface area contributed by atoms with Crippen LogP contribution in [0, 0.1) is 5.41 Å². The van der Waals surface area contributed by atoms with Gasteiger partial charge in [0.1, 0.15) is 0 Å². The highest BCUT2D eigenvalue weighted by Crippen LogP contribution is 2.33. The molecule has 0 spiro atoms. The van der Waals surface area contributed by atoms with Crippen LogP contribution in [0.3, 0.4) is 0 Å². The minimum absolute atomic E-state index is 0.0347.